The summed E-state index contributed by atoms with van der Waals surface area (Å²) >= 11 is 6.11. The summed E-state index contributed by atoms with van der Waals surface area (Å²) in [6.07, 6.45) is 0.384. The van der Waals surface area contributed by atoms with Gasteiger partial charge in [-0.3, -0.25) is 4.79 Å². The molecule has 0 aliphatic carbocycles. The number of halogens is 1. The minimum atomic E-state index is -0.0427. The van der Waals surface area contributed by atoms with Gasteiger partial charge in [-0.25, -0.2) is 0 Å². The van der Waals surface area contributed by atoms with E-state index in [1.165, 1.54) is 11.1 Å². The van der Waals surface area contributed by atoms with Crippen LogP contribution in [-0.2, 0) is 11.4 Å². The van der Waals surface area contributed by atoms with Crippen molar-refractivity contribution in [3.8, 4) is 5.75 Å². The minimum Gasteiger partial charge on any atom is -0.489 e. The van der Waals surface area contributed by atoms with Crippen LogP contribution in [0.5, 0.6) is 5.75 Å². The first-order valence-electron chi connectivity index (χ1n) is 11.4. The topological polar surface area (TPSA) is 29.5 Å². The Morgan fingerprint density at radius 2 is 1.74 bits per heavy atom. The van der Waals surface area contributed by atoms with Crippen molar-refractivity contribution in [2.75, 3.05) is 11.4 Å². The van der Waals surface area contributed by atoms with Crippen molar-refractivity contribution in [2.24, 2.45) is 0 Å². The maximum Gasteiger partial charge on any atom is 0.228 e. The largest absolute Gasteiger partial charge is 0.489 e. The molecule has 1 amide bonds. The highest BCUT2D eigenvalue weighted by atomic mass is 35.5. The zero-order chi connectivity index (χ0) is 23.7. The van der Waals surface area contributed by atoms with E-state index >= 15 is 0 Å². The molecule has 170 valence electrons. The average Bonchev–Trinajstić information content (AvgIpc) is 2.85. The molecule has 3 nitrogen and oxygen atoms in total. The third-order valence-corrected chi connectivity index (χ3v) is 6.65. The molecule has 0 fully saturated rings. The predicted molar refractivity (Wildman–Crippen MR) is 140 cm³/mol. The first kappa shape index (κ1) is 22.2. The molecule has 4 aromatic rings. The summed E-state index contributed by atoms with van der Waals surface area (Å²) in [5.41, 5.74) is 5.54. The summed E-state index contributed by atoms with van der Waals surface area (Å²) in [5.74, 6) is 0.820. The maximum atomic E-state index is 13.2. The van der Waals surface area contributed by atoms with Crippen molar-refractivity contribution in [1.82, 2.24) is 0 Å². The Balaban J connectivity index is 1.49. The van der Waals surface area contributed by atoms with Crippen LogP contribution < -0.4 is 9.64 Å². The fourth-order valence-corrected chi connectivity index (χ4v) is 4.89. The van der Waals surface area contributed by atoms with Gasteiger partial charge in [0.25, 0.3) is 0 Å². The van der Waals surface area contributed by atoms with Gasteiger partial charge >= 0.3 is 0 Å². The second kappa shape index (κ2) is 9.36. The molecular weight excluding hydrogens is 442 g/mol. The van der Waals surface area contributed by atoms with Crippen molar-refractivity contribution >= 4 is 34.0 Å². The molecular formula is C30H26ClNO2. The first-order valence-corrected chi connectivity index (χ1v) is 11.8. The van der Waals surface area contributed by atoms with Gasteiger partial charge in [0.1, 0.15) is 12.4 Å². The lowest BCUT2D eigenvalue weighted by molar-refractivity contribution is -0.119. The lowest BCUT2D eigenvalue weighted by Gasteiger charge is -2.35. The SMILES string of the molecule is C=C(Cl)CN1C(=O)CC(c2ccc(OCc3ccccc3C)cc2)c2c1ccc1ccccc21. The van der Waals surface area contributed by atoms with E-state index in [0.717, 1.165) is 33.3 Å². The van der Waals surface area contributed by atoms with Gasteiger partial charge in [0.15, 0.2) is 0 Å². The van der Waals surface area contributed by atoms with Gasteiger partial charge in [0, 0.05) is 23.1 Å². The summed E-state index contributed by atoms with van der Waals surface area (Å²) in [6, 6.07) is 28.8. The highest BCUT2D eigenvalue weighted by molar-refractivity contribution is 6.30. The number of benzene rings is 4. The highest BCUT2D eigenvalue weighted by Gasteiger charge is 2.33. The molecule has 5 rings (SSSR count). The Morgan fingerprint density at radius 1 is 1.00 bits per heavy atom. The number of aryl methyl sites for hydroxylation is 1. The molecule has 0 aromatic heterocycles. The van der Waals surface area contributed by atoms with Crippen LogP contribution >= 0.6 is 11.6 Å². The number of ether oxygens (including phenoxy) is 1. The molecule has 1 aliphatic heterocycles. The van der Waals surface area contributed by atoms with E-state index < -0.39 is 0 Å². The molecule has 0 bridgehead atoms. The zero-order valence-corrected chi connectivity index (χ0v) is 19.9. The number of fused-ring (bicyclic) bond motifs is 3. The molecule has 4 aromatic carbocycles. The average molecular weight is 468 g/mol. The van der Waals surface area contributed by atoms with Crippen LogP contribution in [0.4, 0.5) is 5.69 Å². The monoisotopic (exact) mass is 467 g/mol. The Morgan fingerprint density at radius 3 is 2.50 bits per heavy atom. The van der Waals surface area contributed by atoms with Gasteiger partial charge in [0.2, 0.25) is 5.91 Å². The molecule has 34 heavy (non-hydrogen) atoms. The van der Waals surface area contributed by atoms with Crippen LogP contribution in [0.3, 0.4) is 0 Å². The normalized spacial score (nSPS) is 15.3. The van der Waals surface area contributed by atoms with Crippen LogP contribution in [-0.4, -0.2) is 12.5 Å². The number of amides is 1. The van der Waals surface area contributed by atoms with Crippen LogP contribution in [0.2, 0.25) is 0 Å². The zero-order valence-electron chi connectivity index (χ0n) is 19.1. The number of nitrogens with zero attached hydrogens (tertiary/aromatic N) is 1. The second-order valence-electron chi connectivity index (χ2n) is 8.76. The number of hydrogen-bond donors (Lipinski definition) is 0. The van der Waals surface area contributed by atoms with E-state index in [4.69, 9.17) is 16.3 Å². The van der Waals surface area contributed by atoms with Gasteiger partial charge in [-0.1, -0.05) is 84.9 Å². The number of carbonyl (C=O) groups excluding carboxylic acids is 1. The predicted octanol–water partition coefficient (Wildman–Crippen LogP) is 7.35. The number of hydrogen-bond acceptors (Lipinski definition) is 2. The molecule has 4 heteroatoms. The van der Waals surface area contributed by atoms with E-state index in [0.29, 0.717) is 24.6 Å². The van der Waals surface area contributed by atoms with Gasteiger partial charge in [0.05, 0.1) is 6.54 Å². The van der Waals surface area contributed by atoms with Crippen LogP contribution in [0, 0.1) is 6.92 Å². The fraction of sp³-hybridized carbons (Fsp3) is 0.167. The summed E-state index contributed by atoms with van der Waals surface area (Å²) in [7, 11) is 0. The summed E-state index contributed by atoms with van der Waals surface area (Å²) in [6.45, 7) is 6.73. The number of anilines is 1. The summed E-state index contributed by atoms with van der Waals surface area (Å²) < 4.78 is 6.04. The van der Waals surface area contributed by atoms with Gasteiger partial charge in [-0.2, -0.15) is 0 Å². The molecule has 0 saturated heterocycles. The van der Waals surface area contributed by atoms with Gasteiger partial charge in [-0.15, -0.1) is 0 Å². The quantitative estimate of drug-likeness (QED) is 0.296. The van der Waals surface area contributed by atoms with E-state index in [1.54, 1.807) is 4.90 Å². The number of rotatable bonds is 6. The third-order valence-electron chi connectivity index (χ3n) is 6.53. The lowest BCUT2D eigenvalue weighted by Crippen LogP contribution is -2.37. The molecule has 1 unspecified atom stereocenters. The molecule has 0 N–H and O–H groups in total. The minimum absolute atomic E-state index is 0.0427. The van der Waals surface area contributed by atoms with Crippen LogP contribution in [0.1, 0.15) is 34.6 Å². The van der Waals surface area contributed by atoms with Crippen molar-refractivity contribution in [2.45, 2.75) is 25.9 Å². The Kier molecular flexibility index (Phi) is 6.12. The molecule has 0 spiro atoms. The van der Waals surface area contributed by atoms with Crippen molar-refractivity contribution < 1.29 is 9.53 Å². The van der Waals surface area contributed by atoms with Gasteiger partial charge in [-0.05, 0) is 58.1 Å². The van der Waals surface area contributed by atoms with Crippen molar-refractivity contribution in [3.05, 3.63) is 119 Å². The second-order valence-corrected chi connectivity index (χ2v) is 9.29. The molecule has 0 radical (unpaired) electrons. The Hall–Kier alpha value is -3.56. The molecule has 1 heterocycles. The van der Waals surface area contributed by atoms with Crippen LogP contribution in [0.25, 0.3) is 10.8 Å². The van der Waals surface area contributed by atoms with E-state index in [9.17, 15) is 4.79 Å². The van der Waals surface area contributed by atoms with Gasteiger partial charge < -0.3 is 9.64 Å². The lowest BCUT2D eigenvalue weighted by atomic mass is 9.81. The number of carbonyl (C=O) groups is 1. The van der Waals surface area contributed by atoms with E-state index in [1.807, 2.05) is 42.5 Å². The molecule has 0 saturated carbocycles. The Bertz CT molecular complexity index is 1380. The summed E-state index contributed by atoms with van der Waals surface area (Å²) in [5, 5.41) is 2.76. The maximum absolute atomic E-state index is 13.2. The van der Waals surface area contributed by atoms with E-state index in [-0.39, 0.29) is 11.8 Å². The summed E-state index contributed by atoms with van der Waals surface area (Å²) in [4.78, 5) is 14.9. The van der Waals surface area contributed by atoms with Crippen molar-refractivity contribution in [1.29, 1.82) is 0 Å². The van der Waals surface area contributed by atoms with Crippen LogP contribution in [0.15, 0.2) is 96.5 Å². The first-order chi connectivity index (χ1) is 16.5. The smallest absolute Gasteiger partial charge is 0.228 e. The fourth-order valence-electron chi connectivity index (χ4n) is 4.77. The highest BCUT2D eigenvalue weighted by Crippen LogP contribution is 2.44. The third kappa shape index (κ3) is 4.32. The van der Waals surface area contributed by atoms with E-state index in [2.05, 4.69) is 56.0 Å². The Labute approximate surface area is 205 Å². The molecule has 1 atom stereocenters. The molecule has 1 aliphatic rings. The standard InChI is InChI=1S/C30H26ClNO2/c1-20-7-3-4-9-24(20)19-34-25-14-11-23(12-15-25)27-17-29(33)32(18-21(2)31)28-16-13-22-8-5-6-10-26(22)30(27)28/h3-16,27H,2,17-19H2,1H3. The van der Waals surface area contributed by atoms with Crippen molar-refractivity contribution in [3.63, 3.8) is 0 Å².